The standard InChI is InChI=1S/C21H32N4O3/c1-3-19(26)23-15-17-8-7-16(24(17)2)14-20(27)25-12-9-21(28,10-13-25)18-6-4-5-11-22-18/h4-6,11,16-17,28H,3,7-10,12-15H2,1-2H3,(H,23,26)/t16-,17+/m1/s1. The normalized spacial score (nSPS) is 24.9. The molecule has 3 heterocycles. The van der Waals surface area contributed by atoms with E-state index in [4.69, 9.17) is 0 Å². The summed E-state index contributed by atoms with van der Waals surface area (Å²) >= 11 is 0. The first kappa shape index (κ1) is 20.7. The number of nitrogens with zero attached hydrogens (tertiary/aromatic N) is 3. The maximum atomic E-state index is 12.8. The van der Waals surface area contributed by atoms with Gasteiger partial charge in [0, 0.05) is 50.8 Å². The molecule has 0 bridgehead atoms. The van der Waals surface area contributed by atoms with Gasteiger partial charge >= 0.3 is 0 Å². The van der Waals surface area contributed by atoms with E-state index in [1.807, 2.05) is 37.1 Å². The minimum Gasteiger partial charge on any atom is -0.383 e. The molecule has 28 heavy (non-hydrogen) atoms. The molecule has 7 heteroatoms. The van der Waals surface area contributed by atoms with Crippen molar-refractivity contribution in [2.75, 3.05) is 26.7 Å². The Labute approximate surface area is 167 Å². The number of pyridine rings is 1. The minimum absolute atomic E-state index is 0.0710. The van der Waals surface area contributed by atoms with Crippen LogP contribution in [0.3, 0.4) is 0 Å². The molecule has 7 nitrogen and oxygen atoms in total. The van der Waals surface area contributed by atoms with Crippen molar-refractivity contribution in [3.8, 4) is 0 Å². The first-order valence-corrected chi connectivity index (χ1v) is 10.3. The Kier molecular flexibility index (Phi) is 6.67. The number of likely N-dealkylation sites (tertiary alicyclic amines) is 2. The molecular formula is C21H32N4O3. The summed E-state index contributed by atoms with van der Waals surface area (Å²) in [4.78, 5) is 32.7. The van der Waals surface area contributed by atoms with Gasteiger partial charge < -0.3 is 15.3 Å². The summed E-state index contributed by atoms with van der Waals surface area (Å²) in [6, 6.07) is 6.08. The second-order valence-electron chi connectivity index (χ2n) is 8.04. The topological polar surface area (TPSA) is 85.8 Å². The van der Waals surface area contributed by atoms with Crippen LogP contribution in [-0.2, 0) is 15.2 Å². The second-order valence-corrected chi connectivity index (χ2v) is 8.04. The van der Waals surface area contributed by atoms with Crippen LogP contribution in [0.2, 0.25) is 0 Å². The Balaban J connectivity index is 1.48. The molecule has 2 saturated heterocycles. The van der Waals surface area contributed by atoms with E-state index in [2.05, 4.69) is 15.2 Å². The third-order valence-electron chi connectivity index (χ3n) is 6.34. The van der Waals surface area contributed by atoms with E-state index in [0.29, 0.717) is 57.1 Å². The smallest absolute Gasteiger partial charge is 0.224 e. The molecule has 2 N–H and O–H groups in total. The van der Waals surface area contributed by atoms with E-state index >= 15 is 0 Å². The number of nitrogens with one attached hydrogen (secondary N) is 1. The number of carbonyl (C=O) groups is 2. The minimum atomic E-state index is -0.940. The van der Waals surface area contributed by atoms with Gasteiger partial charge in [-0.1, -0.05) is 13.0 Å². The molecule has 0 radical (unpaired) electrons. The van der Waals surface area contributed by atoms with Crippen molar-refractivity contribution in [1.82, 2.24) is 20.1 Å². The van der Waals surface area contributed by atoms with Gasteiger partial charge in [0.2, 0.25) is 11.8 Å². The predicted molar refractivity (Wildman–Crippen MR) is 106 cm³/mol. The van der Waals surface area contributed by atoms with E-state index in [1.54, 1.807) is 6.20 Å². The van der Waals surface area contributed by atoms with E-state index in [1.165, 1.54) is 0 Å². The molecule has 0 spiro atoms. The van der Waals surface area contributed by atoms with Gasteiger partial charge in [0.25, 0.3) is 0 Å². The molecule has 0 unspecified atom stereocenters. The van der Waals surface area contributed by atoms with Gasteiger partial charge in [-0.3, -0.25) is 19.5 Å². The van der Waals surface area contributed by atoms with Crippen LogP contribution in [-0.4, -0.2) is 70.5 Å². The molecule has 2 amide bonds. The van der Waals surface area contributed by atoms with Crippen molar-refractivity contribution in [2.24, 2.45) is 0 Å². The van der Waals surface area contributed by atoms with Crippen LogP contribution in [0.15, 0.2) is 24.4 Å². The highest BCUT2D eigenvalue weighted by Crippen LogP contribution is 2.32. The van der Waals surface area contributed by atoms with Gasteiger partial charge in [-0.05, 0) is 44.9 Å². The SMILES string of the molecule is CCC(=O)NC[C@@H]1CC[C@H](CC(=O)N2CCC(O)(c3ccccn3)CC2)N1C. The molecule has 2 atom stereocenters. The number of piperidine rings is 1. The fraction of sp³-hybridized carbons (Fsp3) is 0.667. The van der Waals surface area contributed by atoms with E-state index in [0.717, 1.165) is 12.8 Å². The average Bonchev–Trinajstić information content (AvgIpc) is 3.06. The van der Waals surface area contributed by atoms with Gasteiger partial charge in [0.05, 0.1) is 5.69 Å². The van der Waals surface area contributed by atoms with Gasteiger partial charge in [-0.2, -0.15) is 0 Å². The first-order valence-electron chi connectivity index (χ1n) is 10.3. The highest BCUT2D eigenvalue weighted by Gasteiger charge is 2.38. The Morgan fingerprint density at radius 1 is 1.25 bits per heavy atom. The lowest BCUT2D eigenvalue weighted by molar-refractivity contribution is -0.137. The van der Waals surface area contributed by atoms with Crippen LogP contribution < -0.4 is 5.32 Å². The van der Waals surface area contributed by atoms with Crippen LogP contribution >= 0.6 is 0 Å². The van der Waals surface area contributed by atoms with E-state index in [9.17, 15) is 14.7 Å². The average molecular weight is 389 g/mol. The molecule has 154 valence electrons. The fourth-order valence-electron chi connectivity index (χ4n) is 4.29. The Hall–Kier alpha value is -1.99. The summed E-state index contributed by atoms with van der Waals surface area (Å²) in [7, 11) is 2.05. The molecule has 1 aromatic rings. The number of carbonyl (C=O) groups excluding carboxylic acids is 2. The summed E-state index contributed by atoms with van der Waals surface area (Å²) in [6.45, 7) is 3.61. The molecule has 0 aliphatic carbocycles. The van der Waals surface area contributed by atoms with Crippen LogP contribution in [0, 0.1) is 0 Å². The van der Waals surface area contributed by atoms with Crippen LogP contribution in [0.1, 0.15) is 51.1 Å². The second kappa shape index (κ2) is 9.01. The van der Waals surface area contributed by atoms with Gasteiger partial charge in [0.15, 0.2) is 0 Å². The highest BCUT2D eigenvalue weighted by molar-refractivity contribution is 5.77. The third-order valence-corrected chi connectivity index (χ3v) is 6.34. The largest absolute Gasteiger partial charge is 0.383 e. The zero-order valence-electron chi connectivity index (χ0n) is 16.9. The number of hydrogen-bond donors (Lipinski definition) is 2. The maximum absolute atomic E-state index is 12.8. The fourth-order valence-corrected chi connectivity index (χ4v) is 4.29. The van der Waals surface area contributed by atoms with Crippen LogP contribution in [0.5, 0.6) is 0 Å². The number of hydrogen-bond acceptors (Lipinski definition) is 5. The summed E-state index contributed by atoms with van der Waals surface area (Å²) < 4.78 is 0. The zero-order chi connectivity index (χ0) is 20.1. The lowest BCUT2D eigenvalue weighted by atomic mass is 9.87. The lowest BCUT2D eigenvalue weighted by Crippen LogP contribution is -2.47. The molecule has 1 aromatic heterocycles. The van der Waals surface area contributed by atoms with Crippen molar-refractivity contribution >= 4 is 11.8 Å². The highest BCUT2D eigenvalue weighted by atomic mass is 16.3. The van der Waals surface area contributed by atoms with Gasteiger partial charge in [-0.25, -0.2) is 0 Å². The van der Waals surface area contributed by atoms with Crippen molar-refractivity contribution in [2.45, 2.75) is 63.1 Å². The molecule has 3 rings (SSSR count). The Morgan fingerprint density at radius 3 is 2.61 bits per heavy atom. The molecular weight excluding hydrogens is 356 g/mol. The van der Waals surface area contributed by atoms with Gasteiger partial charge in [-0.15, -0.1) is 0 Å². The number of likely N-dealkylation sites (N-methyl/N-ethyl adjacent to an activating group) is 1. The van der Waals surface area contributed by atoms with E-state index < -0.39 is 5.60 Å². The maximum Gasteiger partial charge on any atom is 0.224 e. The monoisotopic (exact) mass is 388 g/mol. The summed E-state index contributed by atoms with van der Waals surface area (Å²) in [5, 5.41) is 13.8. The number of rotatable bonds is 6. The quantitative estimate of drug-likeness (QED) is 0.767. The van der Waals surface area contributed by atoms with Crippen LogP contribution in [0.25, 0.3) is 0 Å². The molecule has 0 saturated carbocycles. The Morgan fingerprint density at radius 2 is 1.96 bits per heavy atom. The molecule has 2 aliphatic rings. The number of amides is 2. The summed E-state index contributed by atoms with van der Waals surface area (Å²) in [5.74, 6) is 0.222. The predicted octanol–water partition coefficient (Wildman–Crippen LogP) is 1.27. The van der Waals surface area contributed by atoms with Crippen molar-refractivity contribution in [1.29, 1.82) is 0 Å². The zero-order valence-corrected chi connectivity index (χ0v) is 16.9. The molecule has 0 aromatic carbocycles. The number of aliphatic hydroxyl groups is 1. The number of aromatic nitrogens is 1. The Bertz CT molecular complexity index is 673. The first-order chi connectivity index (χ1) is 13.4. The van der Waals surface area contributed by atoms with Crippen molar-refractivity contribution in [3.05, 3.63) is 30.1 Å². The van der Waals surface area contributed by atoms with Gasteiger partial charge in [0.1, 0.15) is 5.60 Å². The molecule has 2 aliphatic heterocycles. The molecule has 2 fully saturated rings. The summed E-state index contributed by atoms with van der Waals surface area (Å²) in [6.07, 6.45) is 5.69. The van der Waals surface area contributed by atoms with Crippen LogP contribution in [0.4, 0.5) is 0 Å². The third kappa shape index (κ3) is 4.70. The van der Waals surface area contributed by atoms with Crippen molar-refractivity contribution < 1.29 is 14.7 Å². The summed E-state index contributed by atoms with van der Waals surface area (Å²) in [5.41, 5.74) is -0.250. The van der Waals surface area contributed by atoms with Crippen molar-refractivity contribution in [3.63, 3.8) is 0 Å². The lowest BCUT2D eigenvalue weighted by Gasteiger charge is -2.38. The van der Waals surface area contributed by atoms with E-state index in [-0.39, 0.29) is 17.9 Å².